The Kier molecular flexibility index (Phi) is 22.6. The van der Waals surface area contributed by atoms with Crippen LogP contribution in [0.1, 0.15) is 166 Å². The van der Waals surface area contributed by atoms with Crippen molar-refractivity contribution in [1.29, 1.82) is 0 Å². The zero-order valence-electron chi connectivity index (χ0n) is 27.0. The average Bonchev–Trinajstić information content (AvgIpc) is 2.94. The van der Waals surface area contributed by atoms with Crippen LogP contribution in [0.25, 0.3) is 10.8 Å². The van der Waals surface area contributed by atoms with Gasteiger partial charge in [-0.1, -0.05) is 160 Å². The van der Waals surface area contributed by atoms with Crippen molar-refractivity contribution < 1.29 is 42.5 Å². The molecule has 0 aliphatic carbocycles. The number of benzene rings is 2. The maximum absolute atomic E-state index is 11.8. The monoisotopic (exact) mass is 594 g/mol. The summed E-state index contributed by atoms with van der Waals surface area (Å²) in [6, 6.07) is 9.25. The van der Waals surface area contributed by atoms with Crippen LogP contribution in [0.2, 0.25) is 0 Å². The van der Waals surface area contributed by atoms with Gasteiger partial charge in [-0.05, 0) is 59.7 Å². The largest absolute Gasteiger partial charge is 1.00 e. The SMILES string of the molecule is CCCCCCCCCCCCCc1ccc2ccc(S(=O)(=O)[O-])cc2c1CCCCCCCCCCCCC.[Na+]. The van der Waals surface area contributed by atoms with Gasteiger partial charge in [0.25, 0.3) is 0 Å². The summed E-state index contributed by atoms with van der Waals surface area (Å²) < 4.78 is 35.3. The van der Waals surface area contributed by atoms with E-state index in [1.807, 2.05) is 0 Å². The molecule has 2 aromatic carbocycles. The molecule has 0 bridgehead atoms. The Morgan fingerprint density at radius 2 is 0.927 bits per heavy atom. The molecule has 2 aromatic rings. The van der Waals surface area contributed by atoms with E-state index in [9.17, 15) is 13.0 Å². The van der Waals surface area contributed by atoms with Crippen molar-refractivity contribution in [2.75, 3.05) is 0 Å². The second kappa shape index (κ2) is 24.0. The molecule has 2 rings (SSSR count). The van der Waals surface area contributed by atoms with E-state index in [-0.39, 0.29) is 34.5 Å². The summed E-state index contributed by atoms with van der Waals surface area (Å²) in [5.74, 6) is 0. The summed E-state index contributed by atoms with van der Waals surface area (Å²) in [6.07, 6.45) is 31.1. The Morgan fingerprint density at radius 1 is 0.537 bits per heavy atom. The fraction of sp³-hybridized carbons (Fsp3) is 0.722. The summed E-state index contributed by atoms with van der Waals surface area (Å²) in [4.78, 5) is -0.105. The van der Waals surface area contributed by atoms with Crippen molar-refractivity contribution in [3.8, 4) is 0 Å². The first kappa shape index (κ1) is 38.6. The predicted molar refractivity (Wildman–Crippen MR) is 172 cm³/mol. The van der Waals surface area contributed by atoms with Gasteiger partial charge in [0.2, 0.25) is 0 Å². The maximum Gasteiger partial charge on any atom is 1.00 e. The third-order valence-electron chi connectivity index (χ3n) is 8.57. The van der Waals surface area contributed by atoms with Crippen LogP contribution < -0.4 is 29.6 Å². The van der Waals surface area contributed by atoms with E-state index in [0.717, 1.165) is 30.0 Å². The van der Waals surface area contributed by atoms with E-state index >= 15 is 0 Å². The molecular weight excluding hydrogens is 535 g/mol. The van der Waals surface area contributed by atoms with Gasteiger partial charge in [0.1, 0.15) is 10.1 Å². The fourth-order valence-corrected chi connectivity index (χ4v) is 6.53. The van der Waals surface area contributed by atoms with Gasteiger partial charge < -0.3 is 4.55 Å². The minimum absolute atomic E-state index is 0. The Morgan fingerprint density at radius 3 is 1.37 bits per heavy atom. The van der Waals surface area contributed by atoms with Gasteiger partial charge in [-0.15, -0.1) is 0 Å². The zero-order chi connectivity index (χ0) is 28.9. The molecule has 0 saturated carbocycles. The molecule has 0 radical (unpaired) electrons. The minimum atomic E-state index is -4.46. The number of unbranched alkanes of at least 4 members (excludes halogenated alkanes) is 20. The van der Waals surface area contributed by atoms with Gasteiger partial charge in [-0.3, -0.25) is 0 Å². The molecule has 228 valence electrons. The molecule has 0 fully saturated rings. The summed E-state index contributed by atoms with van der Waals surface area (Å²) in [5, 5.41) is 2.00. The van der Waals surface area contributed by atoms with Crippen LogP contribution in [0.5, 0.6) is 0 Å². The Hall–Kier alpha value is -0.390. The third kappa shape index (κ3) is 16.9. The first-order valence-electron chi connectivity index (χ1n) is 17.0. The quantitative estimate of drug-likeness (QED) is 0.0658. The summed E-state index contributed by atoms with van der Waals surface area (Å²) >= 11 is 0. The Balaban J connectivity index is 0.00000840. The van der Waals surface area contributed by atoms with E-state index in [4.69, 9.17) is 0 Å². The van der Waals surface area contributed by atoms with Gasteiger partial charge in [0.05, 0.1) is 4.90 Å². The molecule has 0 aliphatic heterocycles. The van der Waals surface area contributed by atoms with Gasteiger partial charge in [-0.25, -0.2) is 8.42 Å². The molecule has 0 aliphatic rings. The van der Waals surface area contributed by atoms with Crippen molar-refractivity contribution in [1.82, 2.24) is 0 Å². The van der Waals surface area contributed by atoms with Gasteiger partial charge >= 0.3 is 29.6 Å². The molecule has 0 heterocycles. The van der Waals surface area contributed by atoms with E-state index < -0.39 is 10.1 Å². The van der Waals surface area contributed by atoms with Crippen LogP contribution in [0.4, 0.5) is 0 Å². The fourth-order valence-electron chi connectivity index (χ4n) is 6.04. The van der Waals surface area contributed by atoms with Crippen LogP contribution in [0.15, 0.2) is 35.2 Å². The summed E-state index contributed by atoms with van der Waals surface area (Å²) in [7, 11) is -4.46. The molecule has 41 heavy (non-hydrogen) atoms. The van der Waals surface area contributed by atoms with Gasteiger partial charge in [0, 0.05) is 0 Å². The molecule has 0 spiro atoms. The topological polar surface area (TPSA) is 57.2 Å². The smallest absolute Gasteiger partial charge is 0.744 e. The predicted octanol–water partition coefficient (Wildman–Crippen LogP) is 8.45. The summed E-state index contributed by atoms with van der Waals surface area (Å²) in [6.45, 7) is 4.54. The number of rotatable bonds is 25. The first-order valence-corrected chi connectivity index (χ1v) is 18.4. The number of hydrogen-bond acceptors (Lipinski definition) is 3. The maximum atomic E-state index is 11.8. The number of aryl methyl sites for hydroxylation is 2. The van der Waals surface area contributed by atoms with Crippen molar-refractivity contribution in [2.24, 2.45) is 0 Å². The molecule has 0 N–H and O–H groups in total. The first-order chi connectivity index (χ1) is 19.5. The van der Waals surface area contributed by atoms with Crippen molar-refractivity contribution in [2.45, 2.75) is 173 Å². The van der Waals surface area contributed by atoms with Gasteiger partial charge in [-0.2, -0.15) is 0 Å². The molecule has 0 aromatic heterocycles. The van der Waals surface area contributed by atoms with Crippen LogP contribution >= 0.6 is 0 Å². The molecule has 0 amide bonds. The van der Waals surface area contributed by atoms with Crippen molar-refractivity contribution >= 4 is 20.9 Å². The number of fused-ring (bicyclic) bond motifs is 1. The second-order valence-electron chi connectivity index (χ2n) is 12.1. The van der Waals surface area contributed by atoms with Crippen molar-refractivity contribution in [3.63, 3.8) is 0 Å². The average molecular weight is 595 g/mol. The van der Waals surface area contributed by atoms with E-state index in [1.54, 1.807) is 12.1 Å². The Bertz CT molecular complexity index is 1030. The van der Waals surface area contributed by atoms with Gasteiger partial charge in [0.15, 0.2) is 0 Å². The number of hydrogen-bond donors (Lipinski definition) is 0. The normalized spacial score (nSPS) is 11.7. The van der Waals surface area contributed by atoms with Crippen LogP contribution in [0.3, 0.4) is 0 Å². The van der Waals surface area contributed by atoms with E-state index in [0.29, 0.717) is 0 Å². The molecule has 0 unspecified atom stereocenters. The summed E-state index contributed by atoms with van der Waals surface area (Å²) in [5.41, 5.74) is 2.61. The van der Waals surface area contributed by atoms with Crippen LogP contribution in [-0.4, -0.2) is 13.0 Å². The zero-order valence-corrected chi connectivity index (χ0v) is 29.8. The third-order valence-corrected chi connectivity index (χ3v) is 9.40. The van der Waals surface area contributed by atoms with E-state index in [1.165, 1.54) is 152 Å². The molecule has 3 nitrogen and oxygen atoms in total. The van der Waals surface area contributed by atoms with E-state index in [2.05, 4.69) is 26.0 Å². The molecular formula is C36H59NaO3S. The second-order valence-corrected chi connectivity index (χ2v) is 13.5. The molecule has 5 heteroatoms. The molecule has 0 saturated heterocycles. The Labute approximate surface area is 276 Å². The van der Waals surface area contributed by atoms with Crippen molar-refractivity contribution in [3.05, 3.63) is 41.5 Å². The molecule has 0 atom stereocenters. The minimum Gasteiger partial charge on any atom is -0.744 e. The van der Waals surface area contributed by atoms with Crippen LogP contribution in [-0.2, 0) is 23.0 Å². The van der Waals surface area contributed by atoms with Crippen LogP contribution in [0, 0.1) is 0 Å². The standard InChI is InChI=1S/C36H60O3S.Na/c1-3-5-7-9-11-13-15-17-19-21-23-25-32-27-28-33-29-30-34(40(37,38)39)31-36(33)35(32)26-24-22-20-18-16-14-12-10-8-6-4-2;/h27-31H,3-26H2,1-2H3,(H,37,38,39);/q;+1/p-1.